The molecule has 1 aliphatic heterocycles. The van der Waals surface area contributed by atoms with Crippen molar-refractivity contribution in [2.45, 2.75) is 118 Å². The van der Waals surface area contributed by atoms with E-state index in [9.17, 15) is 23.1 Å². The van der Waals surface area contributed by atoms with E-state index in [0.717, 1.165) is 50.5 Å². The predicted molar refractivity (Wildman–Crippen MR) is 199 cm³/mol. The van der Waals surface area contributed by atoms with Crippen molar-refractivity contribution in [2.24, 2.45) is 51.2 Å². The van der Waals surface area contributed by atoms with Gasteiger partial charge < -0.3 is 10.4 Å². The van der Waals surface area contributed by atoms with Crippen LogP contribution in [0, 0.1) is 51.2 Å². The van der Waals surface area contributed by atoms with Gasteiger partial charge in [0.05, 0.1) is 17.9 Å². The van der Waals surface area contributed by atoms with E-state index in [4.69, 9.17) is 0 Å². The van der Waals surface area contributed by atoms with Gasteiger partial charge in [-0.2, -0.15) is 4.31 Å². The van der Waals surface area contributed by atoms with Crippen molar-refractivity contribution >= 4 is 27.5 Å². The Kier molecular flexibility index (Phi) is 8.65. The van der Waals surface area contributed by atoms with Gasteiger partial charge in [0.15, 0.2) is 0 Å². The molecule has 0 bridgehead atoms. The predicted octanol–water partition coefficient (Wildman–Crippen LogP) is 8.33. The maximum atomic E-state index is 13.8. The van der Waals surface area contributed by atoms with Gasteiger partial charge in [0.25, 0.3) is 0 Å². The smallest absolute Gasteiger partial charge is 0.335 e. The number of benzene rings is 1. The maximum absolute atomic E-state index is 13.8. The molecule has 0 aromatic heterocycles. The summed E-state index contributed by atoms with van der Waals surface area (Å²) in [5.74, 6) is 1.36. The van der Waals surface area contributed by atoms with Gasteiger partial charge in [-0.25, -0.2) is 13.2 Å². The first-order valence-corrected chi connectivity index (χ1v) is 21.0. The molecule has 274 valence electrons. The number of carboxylic acids is 1. The Labute approximate surface area is 300 Å². The molecule has 6 aliphatic rings. The summed E-state index contributed by atoms with van der Waals surface area (Å²) in [6.45, 7) is 19.7. The fourth-order valence-corrected chi connectivity index (χ4v) is 15.3. The number of fused-ring (bicyclic) bond motifs is 7. The third-order valence-electron chi connectivity index (χ3n) is 16.2. The second kappa shape index (κ2) is 12.0. The molecule has 4 saturated carbocycles. The highest BCUT2D eigenvalue weighted by atomic mass is 32.2. The zero-order valence-corrected chi connectivity index (χ0v) is 32.1. The third-order valence-corrected chi connectivity index (χ3v) is 18.2. The first-order valence-electron chi connectivity index (χ1n) is 19.4. The lowest BCUT2D eigenvalue weighted by atomic mass is 9.33. The topological polar surface area (TPSA) is 104 Å². The number of hydrogen-bond donors (Lipinski definition) is 2. The van der Waals surface area contributed by atoms with Gasteiger partial charge in [0.1, 0.15) is 0 Å². The molecule has 0 spiro atoms. The minimum absolute atomic E-state index is 0.0405. The number of carbonyl (C=O) groups is 2. The number of rotatable bonds is 6. The van der Waals surface area contributed by atoms with E-state index in [0.29, 0.717) is 48.1 Å². The molecule has 7 nitrogen and oxygen atoms in total. The summed E-state index contributed by atoms with van der Waals surface area (Å²) in [5.41, 5.74) is 4.13. The van der Waals surface area contributed by atoms with Crippen molar-refractivity contribution in [3.8, 4) is 0 Å². The van der Waals surface area contributed by atoms with Crippen LogP contribution in [0.25, 0.3) is 5.57 Å². The molecule has 50 heavy (non-hydrogen) atoms. The molecule has 5 fully saturated rings. The number of carbonyl (C=O) groups excluding carboxylic acids is 1. The summed E-state index contributed by atoms with van der Waals surface area (Å²) in [4.78, 5) is 25.3. The van der Waals surface area contributed by atoms with Crippen LogP contribution in [0.15, 0.2) is 42.5 Å². The van der Waals surface area contributed by atoms with E-state index < -0.39 is 16.0 Å². The van der Waals surface area contributed by atoms with Gasteiger partial charge in [-0.1, -0.05) is 65.0 Å². The van der Waals surface area contributed by atoms with Crippen LogP contribution in [0.2, 0.25) is 0 Å². The maximum Gasteiger partial charge on any atom is 0.335 e. The summed E-state index contributed by atoms with van der Waals surface area (Å²) in [7, 11) is -3.37. The van der Waals surface area contributed by atoms with Gasteiger partial charge in [0, 0.05) is 12.1 Å². The van der Waals surface area contributed by atoms with Gasteiger partial charge in [-0.05, 0) is 152 Å². The molecule has 1 aromatic rings. The van der Waals surface area contributed by atoms with Crippen LogP contribution in [-0.4, -0.2) is 54.1 Å². The first-order chi connectivity index (χ1) is 23.4. The normalized spacial score (nSPS) is 41.8. The Bertz CT molecular complexity index is 1710. The molecule has 1 heterocycles. The molecule has 5 aliphatic carbocycles. The summed E-state index contributed by atoms with van der Waals surface area (Å²) in [6.07, 6.45) is 13.7. The van der Waals surface area contributed by atoms with Crippen LogP contribution in [0.1, 0.15) is 128 Å². The average Bonchev–Trinajstić information content (AvgIpc) is 3.42. The van der Waals surface area contributed by atoms with Crippen molar-refractivity contribution in [1.29, 1.82) is 0 Å². The van der Waals surface area contributed by atoms with Gasteiger partial charge in [-0.3, -0.25) is 4.79 Å². The number of aromatic carboxylic acids is 1. The Morgan fingerprint density at radius 1 is 0.920 bits per heavy atom. The quantitative estimate of drug-likeness (QED) is 0.290. The Morgan fingerprint density at radius 2 is 1.64 bits per heavy atom. The molecular formula is C42H60N2O5S. The van der Waals surface area contributed by atoms with Crippen LogP contribution in [-0.2, 0) is 14.8 Å². The zero-order valence-electron chi connectivity index (χ0n) is 31.3. The SMILES string of the molecule is C=C(C)[C@@H]1CC[C@]2(NC(=O)CN3CCCCS3(=O)=O)CC[C@]3(C)[C@H](CCC4[C@@]5(C)CC=C(c6ccc(C(=O)O)cc6)C(C)(C)C5CC[C@]43C)C12. The first kappa shape index (κ1) is 35.9. The van der Waals surface area contributed by atoms with E-state index in [1.54, 1.807) is 12.1 Å². The lowest BCUT2D eigenvalue weighted by Crippen LogP contribution is -2.68. The Morgan fingerprint density at radius 3 is 2.30 bits per heavy atom. The largest absolute Gasteiger partial charge is 0.478 e. The van der Waals surface area contributed by atoms with Crippen LogP contribution in [0.3, 0.4) is 0 Å². The third kappa shape index (κ3) is 5.22. The van der Waals surface area contributed by atoms with Crippen molar-refractivity contribution < 1.29 is 23.1 Å². The number of sulfonamides is 1. The number of allylic oxidation sites excluding steroid dienone is 3. The molecule has 1 aromatic carbocycles. The van der Waals surface area contributed by atoms with Gasteiger partial charge in [0.2, 0.25) is 15.9 Å². The number of carboxylic acid groups (broad SMARTS) is 1. The van der Waals surface area contributed by atoms with Crippen LogP contribution >= 0.6 is 0 Å². The monoisotopic (exact) mass is 704 g/mol. The van der Waals surface area contributed by atoms with Crippen molar-refractivity contribution in [1.82, 2.24) is 9.62 Å². The minimum Gasteiger partial charge on any atom is -0.478 e. The van der Waals surface area contributed by atoms with Crippen molar-refractivity contribution in [2.75, 3.05) is 18.8 Å². The highest BCUT2D eigenvalue weighted by molar-refractivity contribution is 7.89. The molecule has 3 unspecified atom stereocenters. The average molecular weight is 705 g/mol. The van der Waals surface area contributed by atoms with Crippen LogP contribution in [0.4, 0.5) is 0 Å². The van der Waals surface area contributed by atoms with E-state index in [-0.39, 0.29) is 45.4 Å². The van der Waals surface area contributed by atoms with Crippen LogP contribution in [0.5, 0.6) is 0 Å². The summed E-state index contributed by atoms with van der Waals surface area (Å²) in [6, 6.07) is 7.48. The fraction of sp³-hybridized carbons (Fsp3) is 0.714. The Hall–Kier alpha value is -2.45. The number of nitrogens with one attached hydrogen (secondary N) is 1. The van der Waals surface area contributed by atoms with Gasteiger partial charge in [-0.15, -0.1) is 0 Å². The fourth-order valence-electron chi connectivity index (χ4n) is 13.8. The van der Waals surface area contributed by atoms with Crippen LogP contribution < -0.4 is 5.32 Å². The molecular weight excluding hydrogens is 645 g/mol. The molecule has 1 amide bonds. The molecule has 9 atom stereocenters. The van der Waals surface area contributed by atoms with Crippen molar-refractivity contribution in [3.05, 3.63) is 53.6 Å². The molecule has 1 saturated heterocycles. The highest BCUT2D eigenvalue weighted by Gasteiger charge is 2.70. The lowest BCUT2D eigenvalue weighted by molar-refractivity contribution is -0.219. The lowest BCUT2D eigenvalue weighted by Gasteiger charge is -2.72. The number of nitrogens with zero attached hydrogens (tertiary/aromatic N) is 1. The van der Waals surface area contributed by atoms with E-state index >= 15 is 0 Å². The number of hydrogen-bond acceptors (Lipinski definition) is 4. The number of amides is 1. The second-order valence-corrected chi connectivity index (χ2v) is 20.8. The van der Waals surface area contributed by atoms with E-state index in [1.807, 2.05) is 12.1 Å². The van der Waals surface area contributed by atoms with E-state index in [1.165, 1.54) is 34.7 Å². The molecule has 8 heteroatoms. The highest BCUT2D eigenvalue weighted by Crippen LogP contribution is 2.76. The minimum atomic E-state index is -3.37. The molecule has 0 radical (unpaired) electrons. The summed E-state index contributed by atoms with van der Waals surface area (Å²) < 4.78 is 27.0. The van der Waals surface area contributed by atoms with E-state index in [2.05, 4.69) is 59.5 Å². The van der Waals surface area contributed by atoms with Crippen molar-refractivity contribution in [3.63, 3.8) is 0 Å². The van der Waals surface area contributed by atoms with Gasteiger partial charge >= 0.3 is 5.97 Å². The second-order valence-electron chi connectivity index (χ2n) is 18.7. The molecule has 7 rings (SSSR count). The molecule has 2 N–H and O–H groups in total. The standard InChI is InChI=1S/C42H60N2O5S/c1-27(2)30-16-21-42(43-35(45)26-44-24-8-9-25-50(44,48)49)23-22-40(6)32(36(30)42)14-15-34-39(5)19-17-31(28-10-12-29(13-11-28)37(46)47)38(3,4)33(39)18-20-41(34,40)7/h10-13,17,30,32-34,36H,1,8-9,14-16,18-26H2,2-7H3,(H,43,45)(H,46,47)/t30-,32+,33?,34?,36?,39-,40+,41+,42-/m0/s1. The summed E-state index contributed by atoms with van der Waals surface area (Å²) >= 11 is 0. The Balaban J connectivity index is 1.18. The summed E-state index contributed by atoms with van der Waals surface area (Å²) in [5, 5.41) is 13.0. The zero-order chi connectivity index (χ0) is 36.1.